The van der Waals surface area contributed by atoms with Crippen LogP contribution in [0.15, 0.2) is 23.1 Å². The van der Waals surface area contributed by atoms with Gasteiger partial charge in [-0.15, -0.1) is 0 Å². The second kappa shape index (κ2) is 5.71. The van der Waals surface area contributed by atoms with E-state index in [-0.39, 0.29) is 21.4 Å². The van der Waals surface area contributed by atoms with Crippen LogP contribution in [-0.4, -0.2) is 36.9 Å². The van der Waals surface area contributed by atoms with Gasteiger partial charge in [0.2, 0.25) is 10.0 Å². The van der Waals surface area contributed by atoms with Crippen molar-refractivity contribution in [3.8, 4) is 0 Å². The van der Waals surface area contributed by atoms with E-state index in [1.807, 2.05) is 6.92 Å². The van der Waals surface area contributed by atoms with Gasteiger partial charge in [0.25, 0.3) is 0 Å². The van der Waals surface area contributed by atoms with Gasteiger partial charge in [-0.3, -0.25) is 0 Å². The third-order valence-electron chi connectivity index (χ3n) is 3.41. The van der Waals surface area contributed by atoms with E-state index < -0.39 is 16.0 Å². The van der Waals surface area contributed by atoms with Crippen molar-refractivity contribution in [2.45, 2.75) is 24.7 Å². The summed E-state index contributed by atoms with van der Waals surface area (Å²) < 4.78 is 26.6. The molecule has 0 aliphatic carbocycles. The number of halogens is 1. The summed E-state index contributed by atoms with van der Waals surface area (Å²) in [6.45, 7) is 2.81. The molecule has 0 radical (unpaired) electrons. The average molecular weight is 318 g/mol. The average Bonchev–Trinajstić information content (AvgIpc) is 2.38. The summed E-state index contributed by atoms with van der Waals surface area (Å²) in [5.74, 6) is -1.00. The van der Waals surface area contributed by atoms with Crippen LogP contribution >= 0.6 is 11.6 Å². The van der Waals surface area contributed by atoms with E-state index in [1.165, 1.54) is 22.5 Å². The molecule has 1 aromatic carbocycles. The SMILES string of the molecule is CC1CCCN(S(=O)(=O)c2cc(Cl)ccc2C(=O)O)C1. The zero-order valence-electron chi connectivity index (χ0n) is 11.0. The van der Waals surface area contributed by atoms with Crippen LogP contribution in [0.2, 0.25) is 5.02 Å². The molecule has 1 fully saturated rings. The fraction of sp³-hybridized carbons (Fsp3) is 0.462. The standard InChI is InChI=1S/C13H16ClNO4S/c1-9-3-2-6-15(8-9)20(18,19)12-7-10(14)4-5-11(12)13(16)17/h4-5,7,9H,2-3,6,8H2,1H3,(H,16,17). The lowest BCUT2D eigenvalue weighted by Gasteiger charge is -2.30. The molecular formula is C13H16ClNO4S. The number of benzene rings is 1. The first kappa shape index (κ1) is 15.3. The second-order valence-corrected chi connectivity index (χ2v) is 7.40. The van der Waals surface area contributed by atoms with Gasteiger partial charge in [-0.1, -0.05) is 18.5 Å². The number of hydrogen-bond acceptors (Lipinski definition) is 3. The molecule has 1 aromatic rings. The van der Waals surface area contributed by atoms with E-state index in [1.54, 1.807) is 0 Å². The zero-order chi connectivity index (χ0) is 14.9. The summed E-state index contributed by atoms with van der Waals surface area (Å²) in [5.41, 5.74) is -0.243. The normalized spacial score (nSPS) is 20.8. The van der Waals surface area contributed by atoms with Crippen molar-refractivity contribution in [2.75, 3.05) is 13.1 Å². The maximum Gasteiger partial charge on any atom is 0.337 e. The smallest absolute Gasteiger partial charge is 0.337 e. The van der Waals surface area contributed by atoms with Gasteiger partial charge < -0.3 is 5.11 Å². The molecule has 110 valence electrons. The van der Waals surface area contributed by atoms with Crippen LogP contribution in [0.3, 0.4) is 0 Å². The molecule has 0 spiro atoms. The Labute approximate surface area is 123 Å². The molecule has 1 saturated heterocycles. The van der Waals surface area contributed by atoms with E-state index in [2.05, 4.69) is 0 Å². The monoisotopic (exact) mass is 317 g/mol. The fourth-order valence-electron chi connectivity index (χ4n) is 2.39. The van der Waals surface area contributed by atoms with Crippen molar-refractivity contribution in [1.82, 2.24) is 4.31 Å². The number of rotatable bonds is 3. The van der Waals surface area contributed by atoms with Crippen molar-refractivity contribution in [3.05, 3.63) is 28.8 Å². The van der Waals surface area contributed by atoms with Crippen molar-refractivity contribution in [2.24, 2.45) is 5.92 Å². The summed E-state index contributed by atoms with van der Waals surface area (Å²) in [4.78, 5) is 11.0. The molecule has 0 aromatic heterocycles. The molecule has 1 unspecified atom stereocenters. The highest BCUT2D eigenvalue weighted by atomic mass is 35.5. The zero-order valence-corrected chi connectivity index (χ0v) is 12.6. The van der Waals surface area contributed by atoms with E-state index in [0.29, 0.717) is 13.1 Å². The first-order valence-electron chi connectivity index (χ1n) is 6.35. The minimum absolute atomic E-state index is 0.207. The van der Waals surface area contributed by atoms with Crippen LogP contribution in [-0.2, 0) is 10.0 Å². The number of carboxylic acid groups (broad SMARTS) is 1. The summed E-state index contributed by atoms with van der Waals surface area (Å²) in [6, 6.07) is 3.81. The van der Waals surface area contributed by atoms with Crippen LogP contribution in [0.1, 0.15) is 30.1 Å². The topological polar surface area (TPSA) is 74.7 Å². The van der Waals surface area contributed by atoms with Crippen LogP contribution < -0.4 is 0 Å². The van der Waals surface area contributed by atoms with E-state index in [0.717, 1.165) is 12.8 Å². The van der Waals surface area contributed by atoms with Crippen LogP contribution in [0.25, 0.3) is 0 Å². The molecule has 2 rings (SSSR count). The van der Waals surface area contributed by atoms with E-state index >= 15 is 0 Å². The first-order valence-corrected chi connectivity index (χ1v) is 8.17. The van der Waals surface area contributed by atoms with Crippen LogP contribution in [0.5, 0.6) is 0 Å². The van der Waals surface area contributed by atoms with Gasteiger partial charge in [0.1, 0.15) is 0 Å². The highest BCUT2D eigenvalue weighted by Crippen LogP contribution is 2.27. The molecule has 0 amide bonds. The Morgan fingerprint density at radius 2 is 2.15 bits per heavy atom. The van der Waals surface area contributed by atoms with Crippen LogP contribution in [0, 0.1) is 5.92 Å². The third kappa shape index (κ3) is 2.97. The Morgan fingerprint density at radius 1 is 1.45 bits per heavy atom. The molecule has 0 bridgehead atoms. The molecule has 1 heterocycles. The Balaban J connectivity index is 2.48. The van der Waals surface area contributed by atoms with E-state index in [9.17, 15) is 13.2 Å². The number of carbonyl (C=O) groups is 1. The minimum Gasteiger partial charge on any atom is -0.478 e. The fourth-order valence-corrected chi connectivity index (χ4v) is 4.43. The quantitative estimate of drug-likeness (QED) is 0.929. The number of piperidine rings is 1. The molecule has 7 heteroatoms. The molecular weight excluding hydrogens is 302 g/mol. The van der Waals surface area contributed by atoms with Gasteiger partial charge in [0, 0.05) is 18.1 Å². The molecule has 1 N–H and O–H groups in total. The highest BCUT2D eigenvalue weighted by Gasteiger charge is 2.32. The summed E-state index contributed by atoms with van der Waals surface area (Å²) in [7, 11) is -3.83. The third-order valence-corrected chi connectivity index (χ3v) is 5.55. The molecule has 1 aliphatic heterocycles. The van der Waals surface area contributed by atoms with Crippen molar-refractivity contribution < 1.29 is 18.3 Å². The minimum atomic E-state index is -3.83. The molecule has 5 nitrogen and oxygen atoms in total. The number of sulfonamides is 1. The Hall–Kier alpha value is -1.11. The van der Waals surface area contributed by atoms with Crippen molar-refractivity contribution in [1.29, 1.82) is 0 Å². The predicted octanol–water partition coefficient (Wildman–Crippen LogP) is 2.46. The van der Waals surface area contributed by atoms with Crippen molar-refractivity contribution >= 4 is 27.6 Å². The van der Waals surface area contributed by atoms with Gasteiger partial charge in [-0.25, -0.2) is 13.2 Å². The van der Waals surface area contributed by atoms with E-state index in [4.69, 9.17) is 16.7 Å². The van der Waals surface area contributed by atoms with Gasteiger partial charge in [-0.2, -0.15) is 4.31 Å². The maximum absolute atomic E-state index is 12.6. The van der Waals surface area contributed by atoms with Crippen molar-refractivity contribution in [3.63, 3.8) is 0 Å². The molecule has 1 aliphatic rings. The predicted molar refractivity (Wildman–Crippen MR) is 75.6 cm³/mol. The second-order valence-electron chi connectivity index (χ2n) is 5.06. The molecule has 0 saturated carbocycles. The number of hydrogen-bond donors (Lipinski definition) is 1. The summed E-state index contributed by atoms with van der Waals surface area (Å²) in [6.07, 6.45) is 1.76. The lowest BCUT2D eigenvalue weighted by Crippen LogP contribution is -2.39. The van der Waals surface area contributed by atoms with Crippen LogP contribution in [0.4, 0.5) is 0 Å². The number of aromatic carboxylic acids is 1. The molecule has 20 heavy (non-hydrogen) atoms. The maximum atomic E-state index is 12.6. The number of nitrogens with zero attached hydrogens (tertiary/aromatic N) is 1. The molecule has 1 atom stereocenters. The Bertz CT molecular complexity index is 629. The largest absolute Gasteiger partial charge is 0.478 e. The summed E-state index contributed by atoms with van der Waals surface area (Å²) >= 11 is 5.82. The highest BCUT2D eigenvalue weighted by molar-refractivity contribution is 7.89. The number of carboxylic acids is 1. The Kier molecular flexibility index (Phi) is 4.36. The Morgan fingerprint density at radius 3 is 2.75 bits per heavy atom. The van der Waals surface area contributed by atoms with Gasteiger partial charge >= 0.3 is 5.97 Å². The summed E-state index contributed by atoms with van der Waals surface area (Å²) in [5, 5.41) is 9.35. The lowest BCUT2D eigenvalue weighted by atomic mass is 10.0. The lowest BCUT2D eigenvalue weighted by molar-refractivity contribution is 0.0692. The van der Waals surface area contributed by atoms with Gasteiger partial charge in [0.05, 0.1) is 10.5 Å². The first-order chi connectivity index (χ1) is 9.32. The van der Waals surface area contributed by atoms with Gasteiger partial charge in [-0.05, 0) is 37.0 Å². The van der Waals surface area contributed by atoms with Gasteiger partial charge in [0.15, 0.2) is 0 Å².